The first kappa shape index (κ1) is 11.9. The maximum Gasteiger partial charge on any atom is 0.311 e. The molecular weight excluding hydrogens is 266 g/mol. The Morgan fingerprint density at radius 2 is 2.33 bits per heavy atom. The zero-order valence-corrected chi connectivity index (χ0v) is 9.60. The standard InChI is InChI=1S/C9H10BrNO4/c1-15-9-3-2-6(8(12)5-10)4-7(9)11(13)14/h2-4,8,12H,5H2,1H3. The van der Waals surface area contributed by atoms with E-state index in [0.29, 0.717) is 10.9 Å². The van der Waals surface area contributed by atoms with E-state index in [0.717, 1.165) is 0 Å². The number of hydrogen-bond acceptors (Lipinski definition) is 4. The molecule has 0 saturated carbocycles. The number of nitro groups is 1. The van der Waals surface area contributed by atoms with E-state index in [4.69, 9.17) is 4.74 Å². The zero-order chi connectivity index (χ0) is 11.4. The minimum atomic E-state index is -0.755. The second-order valence-corrected chi connectivity index (χ2v) is 3.51. The van der Waals surface area contributed by atoms with Crippen molar-refractivity contribution in [2.75, 3.05) is 12.4 Å². The van der Waals surface area contributed by atoms with E-state index in [1.165, 1.54) is 19.2 Å². The maximum atomic E-state index is 10.7. The van der Waals surface area contributed by atoms with Gasteiger partial charge in [0.05, 0.1) is 18.1 Å². The third kappa shape index (κ3) is 2.66. The summed E-state index contributed by atoms with van der Waals surface area (Å²) in [6, 6.07) is 4.38. The highest BCUT2D eigenvalue weighted by atomic mass is 79.9. The summed E-state index contributed by atoms with van der Waals surface area (Å²) in [6.45, 7) is 0. The lowest BCUT2D eigenvalue weighted by atomic mass is 10.1. The van der Waals surface area contributed by atoms with Crippen LogP contribution in [-0.4, -0.2) is 22.5 Å². The predicted octanol–water partition coefficient (Wildman–Crippen LogP) is 2.03. The molecule has 0 bridgehead atoms. The molecule has 82 valence electrons. The number of rotatable bonds is 4. The lowest BCUT2D eigenvalue weighted by Gasteiger charge is -2.08. The number of halogens is 1. The number of hydrogen-bond donors (Lipinski definition) is 1. The molecule has 0 fully saturated rings. The highest BCUT2D eigenvalue weighted by Gasteiger charge is 2.17. The van der Waals surface area contributed by atoms with Gasteiger partial charge in [0.15, 0.2) is 5.75 Å². The van der Waals surface area contributed by atoms with Crippen molar-refractivity contribution < 1.29 is 14.8 Å². The van der Waals surface area contributed by atoms with Crippen LogP contribution in [0.15, 0.2) is 18.2 Å². The first-order chi connectivity index (χ1) is 7.10. The summed E-state index contributed by atoms with van der Waals surface area (Å²) < 4.78 is 4.84. The Hall–Kier alpha value is -1.14. The number of nitro benzene ring substituents is 1. The minimum Gasteiger partial charge on any atom is -0.490 e. The van der Waals surface area contributed by atoms with Gasteiger partial charge in [-0.1, -0.05) is 22.0 Å². The van der Waals surface area contributed by atoms with Crippen molar-refractivity contribution in [3.8, 4) is 5.75 Å². The normalized spacial score (nSPS) is 12.2. The van der Waals surface area contributed by atoms with Gasteiger partial charge in [-0.05, 0) is 11.6 Å². The van der Waals surface area contributed by atoms with Crippen LogP contribution in [0.3, 0.4) is 0 Å². The van der Waals surface area contributed by atoms with Crippen molar-refractivity contribution in [2.45, 2.75) is 6.10 Å². The molecule has 5 nitrogen and oxygen atoms in total. The number of alkyl halides is 1. The summed E-state index contributed by atoms with van der Waals surface area (Å²) in [5.74, 6) is 0.186. The molecular formula is C9H10BrNO4. The summed E-state index contributed by atoms with van der Waals surface area (Å²) in [4.78, 5) is 10.1. The molecule has 0 aliphatic carbocycles. The molecule has 1 aromatic rings. The van der Waals surface area contributed by atoms with Crippen LogP contribution in [0.2, 0.25) is 0 Å². The van der Waals surface area contributed by atoms with Gasteiger partial charge in [-0.25, -0.2) is 0 Å². The molecule has 1 atom stereocenters. The highest BCUT2D eigenvalue weighted by Crippen LogP contribution is 2.30. The van der Waals surface area contributed by atoms with Gasteiger partial charge in [0.25, 0.3) is 0 Å². The highest BCUT2D eigenvalue weighted by molar-refractivity contribution is 9.09. The fourth-order valence-electron chi connectivity index (χ4n) is 1.15. The summed E-state index contributed by atoms with van der Waals surface area (Å²) in [5, 5.41) is 20.5. The van der Waals surface area contributed by atoms with E-state index in [9.17, 15) is 15.2 Å². The third-order valence-electron chi connectivity index (χ3n) is 1.93. The summed E-state index contributed by atoms with van der Waals surface area (Å²) in [5.41, 5.74) is 0.342. The Labute approximate surface area is 95.0 Å². The lowest BCUT2D eigenvalue weighted by Crippen LogP contribution is -2.01. The molecule has 0 spiro atoms. The third-order valence-corrected chi connectivity index (χ3v) is 2.54. The zero-order valence-electron chi connectivity index (χ0n) is 8.01. The van der Waals surface area contributed by atoms with Gasteiger partial charge in [0.2, 0.25) is 0 Å². The quantitative estimate of drug-likeness (QED) is 0.519. The smallest absolute Gasteiger partial charge is 0.311 e. The molecule has 0 radical (unpaired) electrons. The number of aliphatic hydroxyl groups excluding tert-OH is 1. The number of aliphatic hydroxyl groups is 1. The molecule has 0 saturated heterocycles. The molecule has 0 aliphatic rings. The average molecular weight is 276 g/mol. The van der Waals surface area contributed by atoms with Crippen molar-refractivity contribution in [1.29, 1.82) is 0 Å². The Bertz CT molecular complexity index is 369. The second-order valence-electron chi connectivity index (χ2n) is 2.86. The number of ether oxygens (including phenoxy) is 1. The Morgan fingerprint density at radius 3 is 2.80 bits per heavy atom. The average Bonchev–Trinajstić information content (AvgIpc) is 2.27. The molecule has 0 heterocycles. The van der Waals surface area contributed by atoms with Crippen LogP contribution in [0.4, 0.5) is 5.69 Å². The van der Waals surface area contributed by atoms with E-state index in [1.54, 1.807) is 6.07 Å². The summed E-state index contributed by atoms with van der Waals surface area (Å²) in [6.07, 6.45) is -0.755. The molecule has 15 heavy (non-hydrogen) atoms. The van der Waals surface area contributed by atoms with Gasteiger partial charge in [-0.3, -0.25) is 10.1 Å². The molecule has 0 amide bonds. The number of methoxy groups -OCH3 is 1. The number of benzene rings is 1. The number of nitrogens with zero attached hydrogens (tertiary/aromatic N) is 1. The van der Waals surface area contributed by atoms with Crippen molar-refractivity contribution in [3.63, 3.8) is 0 Å². The first-order valence-corrected chi connectivity index (χ1v) is 5.28. The van der Waals surface area contributed by atoms with Gasteiger partial charge in [0.1, 0.15) is 0 Å². The van der Waals surface area contributed by atoms with Gasteiger partial charge in [-0.15, -0.1) is 0 Å². The Morgan fingerprint density at radius 1 is 1.67 bits per heavy atom. The predicted molar refractivity (Wildman–Crippen MR) is 58.4 cm³/mol. The summed E-state index contributed by atoms with van der Waals surface area (Å²) >= 11 is 3.10. The van der Waals surface area contributed by atoms with Gasteiger partial charge in [0, 0.05) is 11.4 Å². The molecule has 1 rings (SSSR count). The maximum absolute atomic E-state index is 10.7. The Kier molecular flexibility index (Phi) is 4.05. The largest absolute Gasteiger partial charge is 0.490 e. The molecule has 0 aromatic heterocycles. The fraction of sp³-hybridized carbons (Fsp3) is 0.333. The van der Waals surface area contributed by atoms with Crippen LogP contribution in [0, 0.1) is 10.1 Å². The van der Waals surface area contributed by atoms with Crippen molar-refractivity contribution >= 4 is 21.6 Å². The molecule has 6 heteroatoms. The van der Waals surface area contributed by atoms with Gasteiger partial charge < -0.3 is 9.84 Å². The van der Waals surface area contributed by atoms with E-state index in [2.05, 4.69) is 15.9 Å². The SMILES string of the molecule is COc1ccc(C(O)CBr)cc1[N+](=O)[O-]. The Balaban J connectivity index is 3.16. The topological polar surface area (TPSA) is 72.6 Å². The van der Waals surface area contributed by atoms with E-state index in [-0.39, 0.29) is 11.4 Å². The molecule has 1 unspecified atom stereocenters. The van der Waals surface area contributed by atoms with Crippen LogP contribution < -0.4 is 4.74 Å². The fourth-order valence-corrected chi connectivity index (χ4v) is 1.52. The van der Waals surface area contributed by atoms with Crippen molar-refractivity contribution in [2.24, 2.45) is 0 Å². The van der Waals surface area contributed by atoms with Crippen LogP contribution in [-0.2, 0) is 0 Å². The van der Waals surface area contributed by atoms with Gasteiger partial charge in [-0.2, -0.15) is 0 Å². The second kappa shape index (κ2) is 5.09. The minimum absolute atomic E-state index is 0.144. The molecule has 1 aromatic carbocycles. The lowest BCUT2D eigenvalue weighted by molar-refractivity contribution is -0.385. The van der Waals surface area contributed by atoms with Crippen LogP contribution in [0.5, 0.6) is 5.75 Å². The molecule has 1 N–H and O–H groups in total. The molecule has 0 aliphatic heterocycles. The van der Waals surface area contributed by atoms with E-state index < -0.39 is 11.0 Å². The van der Waals surface area contributed by atoms with E-state index in [1.807, 2.05) is 0 Å². The van der Waals surface area contributed by atoms with Crippen LogP contribution >= 0.6 is 15.9 Å². The van der Waals surface area contributed by atoms with Gasteiger partial charge >= 0.3 is 5.69 Å². The van der Waals surface area contributed by atoms with Crippen LogP contribution in [0.25, 0.3) is 0 Å². The van der Waals surface area contributed by atoms with E-state index >= 15 is 0 Å². The van der Waals surface area contributed by atoms with Crippen molar-refractivity contribution in [1.82, 2.24) is 0 Å². The summed E-state index contributed by atoms with van der Waals surface area (Å²) in [7, 11) is 1.36. The first-order valence-electron chi connectivity index (χ1n) is 4.16. The monoisotopic (exact) mass is 275 g/mol. The van der Waals surface area contributed by atoms with Crippen LogP contribution in [0.1, 0.15) is 11.7 Å². The van der Waals surface area contributed by atoms with Crippen molar-refractivity contribution in [3.05, 3.63) is 33.9 Å².